The van der Waals surface area contributed by atoms with Crippen LogP contribution in [0.3, 0.4) is 0 Å². The summed E-state index contributed by atoms with van der Waals surface area (Å²) in [6.45, 7) is 1.49. The number of aldehydes is 1. The van der Waals surface area contributed by atoms with Crippen LogP contribution < -0.4 is 0 Å². The Morgan fingerprint density at radius 3 is 2.53 bits per heavy atom. The zero-order valence-electron chi connectivity index (χ0n) is 10.7. The van der Waals surface area contributed by atoms with Crippen LogP contribution in [0.15, 0.2) is 42.5 Å². The fraction of sp³-hybridized carbons (Fsp3) is 0.267. The van der Waals surface area contributed by atoms with Crippen LogP contribution >= 0.6 is 0 Å². The topological polar surface area (TPSA) is 60.2 Å². The number of carbonyl (C=O) groups excluding carboxylic acids is 1. The highest BCUT2D eigenvalue weighted by Crippen LogP contribution is 2.27. The van der Waals surface area contributed by atoms with E-state index in [9.17, 15) is 14.9 Å². The Kier molecular flexibility index (Phi) is 3.90. The molecular weight excluding hydrogens is 242 g/mol. The molecule has 0 unspecified atom stereocenters. The lowest BCUT2D eigenvalue weighted by atomic mass is 9.87. The zero-order chi connectivity index (χ0) is 13.8. The fourth-order valence-electron chi connectivity index (χ4n) is 2.27. The Hall–Kier alpha value is -2.23. The van der Waals surface area contributed by atoms with Crippen molar-refractivity contribution in [2.24, 2.45) is 5.92 Å². The van der Waals surface area contributed by atoms with Gasteiger partial charge in [0.25, 0.3) is 0 Å². The van der Waals surface area contributed by atoms with Crippen molar-refractivity contribution in [2.75, 3.05) is 6.54 Å². The highest BCUT2D eigenvalue weighted by atomic mass is 16.6. The predicted octanol–water partition coefficient (Wildman–Crippen LogP) is 3.04. The van der Waals surface area contributed by atoms with Crippen molar-refractivity contribution in [3.63, 3.8) is 0 Å². The minimum atomic E-state index is -0.378. The van der Waals surface area contributed by atoms with Gasteiger partial charge in [0.2, 0.25) is 6.54 Å². The second kappa shape index (κ2) is 5.61. The van der Waals surface area contributed by atoms with Crippen LogP contribution in [0.4, 0.5) is 0 Å². The lowest BCUT2D eigenvalue weighted by Gasteiger charge is -2.16. The third-order valence-corrected chi connectivity index (χ3v) is 3.40. The van der Waals surface area contributed by atoms with Crippen LogP contribution in [0.1, 0.15) is 18.4 Å². The molecule has 0 aliphatic heterocycles. The first-order chi connectivity index (χ1) is 9.11. The van der Waals surface area contributed by atoms with Crippen LogP contribution in [-0.2, 0) is 4.79 Å². The van der Waals surface area contributed by atoms with E-state index >= 15 is 0 Å². The van der Waals surface area contributed by atoms with Crippen molar-refractivity contribution in [1.82, 2.24) is 0 Å². The van der Waals surface area contributed by atoms with E-state index < -0.39 is 0 Å². The predicted molar refractivity (Wildman–Crippen MR) is 73.8 cm³/mol. The summed E-state index contributed by atoms with van der Waals surface area (Å²) in [7, 11) is 0. The number of carbonyl (C=O) groups is 1. The van der Waals surface area contributed by atoms with Crippen LogP contribution in [-0.4, -0.2) is 17.8 Å². The molecule has 0 aromatic heterocycles. The Morgan fingerprint density at radius 2 is 1.89 bits per heavy atom. The number of fused-ring (bicyclic) bond motifs is 1. The van der Waals surface area contributed by atoms with Gasteiger partial charge in [-0.3, -0.25) is 10.1 Å². The van der Waals surface area contributed by atoms with Crippen molar-refractivity contribution >= 4 is 17.1 Å². The molecule has 0 spiro atoms. The van der Waals surface area contributed by atoms with Crippen molar-refractivity contribution in [3.8, 4) is 0 Å². The molecule has 0 heterocycles. The number of nitro groups is 1. The summed E-state index contributed by atoms with van der Waals surface area (Å²) in [6, 6.07) is 13.6. The van der Waals surface area contributed by atoms with Gasteiger partial charge in [-0.25, -0.2) is 0 Å². The third-order valence-electron chi connectivity index (χ3n) is 3.40. The second-order valence-electron chi connectivity index (χ2n) is 4.72. The molecule has 2 atom stereocenters. The largest absolute Gasteiger partial charge is 0.303 e. The van der Waals surface area contributed by atoms with Crippen molar-refractivity contribution in [1.29, 1.82) is 0 Å². The van der Waals surface area contributed by atoms with E-state index in [0.29, 0.717) is 0 Å². The molecular formula is C15H15NO3. The Labute approximate surface area is 111 Å². The molecule has 0 amide bonds. The molecule has 2 aromatic carbocycles. The third kappa shape index (κ3) is 2.96. The minimum Gasteiger partial charge on any atom is -0.303 e. The number of benzene rings is 2. The van der Waals surface area contributed by atoms with E-state index in [1.54, 1.807) is 6.92 Å². The summed E-state index contributed by atoms with van der Waals surface area (Å²) in [5.74, 6) is -0.747. The molecule has 0 fully saturated rings. The summed E-state index contributed by atoms with van der Waals surface area (Å²) >= 11 is 0. The minimum absolute atomic E-state index is 0.224. The maximum Gasteiger partial charge on any atom is 0.211 e. The lowest BCUT2D eigenvalue weighted by Crippen LogP contribution is -2.20. The smallest absolute Gasteiger partial charge is 0.211 e. The summed E-state index contributed by atoms with van der Waals surface area (Å²) < 4.78 is 0. The molecule has 0 saturated heterocycles. The van der Waals surface area contributed by atoms with E-state index in [4.69, 9.17) is 0 Å². The molecule has 4 heteroatoms. The van der Waals surface area contributed by atoms with Gasteiger partial charge < -0.3 is 4.79 Å². The van der Waals surface area contributed by atoms with Gasteiger partial charge in [0.1, 0.15) is 6.29 Å². The van der Waals surface area contributed by atoms with Crippen molar-refractivity contribution in [2.45, 2.75) is 12.8 Å². The van der Waals surface area contributed by atoms with Crippen LogP contribution in [0.25, 0.3) is 10.8 Å². The second-order valence-corrected chi connectivity index (χ2v) is 4.72. The highest BCUT2D eigenvalue weighted by Gasteiger charge is 2.24. The van der Waals surface area contributed by atoms with Gasteiger partial charge in [0.15, 0.2) is 0 Å². The lowest BCUT2D eigenvalue weighted by molar-refractivity contribution is -0.484. The molecule has 4 nitrogen and oxygen atoms in total. The Morgan fingerprint density at radius 1 is 1.21 bits per heavy atom. The SMILES string of the molecule is C[C@@H](C=O)[C@H](C[N+](=O)[O-])c1ccc2ccccc2c1. The maximum absolute atomic E-state index is 10.9. The quantitative estimate of drug-likeness (QED) is 0.470. The van der Waals surface area contributed by atoms with Gasteiger partial charge in [0.05, 0.1) is 5.92 Å². The molecule has 0 aliphatic carbocycles. The van der Waals surface area contributed by atoms with Crippen LogP contribution in [0, 0.1) is 16.0 Å². The average Bonchev–Trinajstić information content (AvgIpc) is 2.43. The monoisotopic (exact) mass is 257 g/mol. The maximum atomic E-state index is 10.9. The van der Waals surface area contributed by atoms with Gasteiger partial charge in [0, 0.05) is 10.8 Å². The fourth-order valence-corrected chi connectivity index (χ4v) is 2.27. The zero-order valence-corrected chi connectivity index (χ0v) is 10.7. The highest BCUT2D eigenvalue weighted by molar-refractivity contribution is 5.83. The molecule has 19 heavy (non-hydrogen) atoms. The Balaban J connectivity index is 2.43. The molecule has 0 bridgehead atoms. The number of hydrogen-bond donors (Lipinski definition) is 0. The number of nitrogens with zero attached hydrogens (tertiary/aromatic N) is 1. The molecule has 2 aromatic rings. The van der Waals surface area contributed by atoms with E-state index in [1.165, 1.54) is 0 Å². The van der Waals surface area contributed by atoms with Crippen molar-refractivity contribution < 1.29 is 9.72 Å². The summed E-state index contributed by atoms with van der Waals surface area (Å²) in [4.78, 5) is 21.3. The average molecular weight is 257 g/mol. The first kappa shape index (κ1) is 13.2. The number of hydrogen-bond acceptors (Lipinski definition) is 3. The van der Waals surface area contributed by atoms with Gasteiger partial charge >= 0.3 is 0 Å². The summed E-state index contributed by atoms with van der Waals surface area (Å²) in [5, 5.41) is 12.9. The first-order valence-corrected chi connectivity index (χ1v) is 6.17. The molecule has 2 rings (SSSR count). The van der Waals surface area contributed by atoms with Gasteiger partial charge in [-0.15, -0.1) is 0 Å². The van der Waals surface area contributed by atoms with Crippen molar-refractivity contribution in [3.05, 3.63) is 58.1 Å². The molecule has 0 saturated carbocycles. The van der Waals surface area contributed by atoms with Gasteiger partial charge in [-0.2, -0.15) is 0 Å². The standard InChI is InChI=1S/C15H15NO3/c1-11(10-17)15(9-16(18)19)14-7-6-12-4-2-3-5-13(12)8-14/h2-8,10-11,15H,9H2,1H3/t11-,15-/m0/s1. The van der Waals surface area contributed by atoms with Crippen LogP contribution in [0.2, 0.25) is 0 Å². The van der Waals surface area contributed by atoms with Gasteiger partial charge in [-0.05, 0) is 16.3 Å². The summed E-state index contributed by atoms with van der Waals surface area (Å²) in [5.41, 5.74) is 0.843. The van der Waals surface area contributed by atoms with Gasteiger partial charge in [-0.1, -0.05) is 49.4 Å². The first-order valence-electron chi connectivity index (χ1n) is 6.17. The van der Waals surface area contributed by atoms with E-state index in [1.807, 2.05) is 42.5 Å². The molecule has 98 valence electrons. The van der Waals surface area contributed by atoms with Crippen LogP contribution in [0.5, 0.6) is 0 Å². The van der Waals surface area contributed by atoms with E-state index in [-0.39, 0.29) is 23.3 Å². The molecule has 0 aliphatic rings. The summed E-state index contributed by atoms with van der Waals surface area (Å²) in [6.07, 6.45) is 0.781. The Bertz CT molecular complexity index is 609. The normalized spacial score (nSPS) is 13.9. The van der Waals surface area contributed by atoms with E-state index in [2.05, 4.69) is 0 Å². The molecule has 0 radical (unpaired) electrons. The van der Waals surface area contributed by atoms with E-state index in [0.717, 1.165) is 22.6 Å². The molecule has 0 N–H and O–H groups in total. The number of rotatable bonds is 5.